The molecule has 18 heavy (non-hydrogen) atoms. The zero-order chi connectivity index (χ0) is 14.0. The lowest BCUT2D eigenvalue weighted by Crippen LogP contribution is -2.26. The van der Waals surface area contributed by atoms with Crippen molar-refractivity contribution < 1.29 is 13.9 Å². The average Bonchev–Trinajstić information content (AvgIpc) is 2.32. The molecule has 2 atom stereocenters. The molecule has 0 radical (unpaired) electrons. The predicted molar refractivity (Wildman–Crippen MR) is 76.8 cm³/mol. The van der Waals surface area contributed by atoms with Crippen LogP contribution in [0.3, 0.4) is 0 Å². The van der Waals surface area contributed by atoms with Crippen LogP contribution in [0, 0.1) is 5.92 Å². The second-order valence-electron chi connectivity index (χ2n) is 4.79. The SMILES string of the molecule is CCOC(=O)C(SCCCCC(F)CC)C(C)C. The van der Waals surface area contributed by atoms with Gasteiger partial charge in [-0.05, 0) is 44.3 Å². The first-order valence-corrected chi connectivity index (χ1v) is 8.00. The number of alkyl halides is 1. The highest BCUT2D eigenvalue weighted by Crippen LogP contribution is 2.23. The number of unbranched alkanes of at least 4 members (excludes halogenated alkanes) is 1. The topological polar surface area (TPSA) is 26.3 Å². The zero-order valence-electron chi connectivity index (χ0n) is 12.1. The van der Waals surface area contributed by atoms with Crippen LogP contribution in [0.1, 0.15) is 53.4 Å². The second-order valence-corrected chi connectivity index (χ2v) is 6.04. The fourth-order valence-electron chi connectivity index (χ4n) is 1.64. The number of esters is 1. The summed E-state index contributed by atoms with van der Waals surface area (Å²) in [5.74, 6) is 1.06. The summed E-state index contributed by atoms with van der Waals surface area (Å²) in [6.45, 7) is 8.19. The predicted octanol–water partition coefficient (Wildman–Crippen LogP) is 4.23. The van der Waals surface area contributed by atoms with E-state index in [1.165, 1.54) is 0 Å². The first-order valence-electron chi connectivity index (χ1n) is 6.95. The molecule has 0 bridgehead atoms. The maximum absolute atomic E-state index is 13.0. The number of carbonyl (C=O) groups excluding carboxylic acids is 1. The molecule has 0 aliphatic carbocycles. The number of ether oxygens (including phenoxy) is 1. The van der Waals surface area contributed by atoms with Crippen molar-refractivity contribution in [2.45, 2.75) is 64.8 Å². The third kappa shape index (κ3) is 7.96. The van der Waals surface area contributed by atoms with Crippen LogP contribution in [0.5, 0.6) is 0 Å². The molecule has 0 aromatic carbocycles. The van der Waals surface area contributed by atoms with Crippen LogP contribution in [0.2, 0.25) is 0 Å². The zero-order valence-corrected chi connectivity index (χ0v) is 12.9. The van der Waals surface area contributed by atoms with E-state index in [9.17, 15) is 9.18 Å². The molecule has 4 heteroatoms. The Hall–Kier alpha value is -0.250. The summed E-state index contributed by atoms with van der Waals surface area (Å²) < 4.78 is 18.1. The van der Waals surface area contributed by atoms with Crippen LogP contribution in [0.15, 0.2) is 0 Å². The molecule has 0 heterocycles. The van der Waals surface area contributed by atoms with Crippen LogP contribution in [-0.4, -0.2) is 29.8 Å². The third-order valence-electron chi connectivity index (χ3n) is 2.78. The molecule has 0 saturated carbocycles. The Morgan fingerprint density at radius 2 is 1.94 bits per heavy atom. The molecule has 0 N–H and O–H groups in total. The minimum atomic E-state index is -0.666. The number of hydrogen-bond acceptors (Lipinski definition) is 3. The van der Waals surface area contributed by atoms with Crippen LogP contribution in [-0.2, 0) is 9.53 Å². The summed E-state index contributed by atoms with van der Waals surface area (Å²) in [7, 11) is 0. The Morgan fingerprint density at radius 1 is 1.28 bits per heavy atom. The Labute approximate surface area is 115 Å². The van der Waals surface area contributed by atoms with Crippen LogP contribution in [0.25, 0.3) is 0 Å². The highest BCUT2D eigenvalue weighted by atomic mass is 32.2. The summed E-state index contributed by atoms with van der Waals surface area (Å²) >= 11 is 1.64. The Morgan fingerprint density at radius 3 is 2.44 bits per heavy atom. The van der Waals surface area contributed by atoms with Crippen LogP contribution >= 0.6 is 11.8 Å². The van der Waals surface area contributed by atoms with Crippen molar-refractivity contribution >= 4 is 17.7 Å². The number of thioether (sulfide) groups is 1. The molecule has 0 aliphatic heterocycles. The minimum absolute atomic E-state index is 0.0858. The van der Waals surface area contributed by atoms with E-state index in [-0.39, 0.29) is 17.1 Å². The summed E-state index contributed by atoms with van der Waals surface area (Å²) in [6.07, 6.45) is 2.44. The molecule has 0 saturated heterocycles. The molecule has 0 rings (SSSR count). The van der Waals surface area contributed by atoms with E-state index in [0.717, 1.165) is 18.6 Å². The number of halogens is 1. The Bertz CT molecular complexity index is 222. The Kier molecular flexibility index (Phi) is 10.5. The largest absolute Gasteiger partial charge is 0.465 e. The summed E-state index contributed by atoms with van der Waals surface area (Å²) in [5, 5.41) is -0.0858. The van der Waals surface area contributed by atoms with E-state index >= 15 is 0 Å². The smallest absolute Gasteiger partial charge is 0.319 e. The maximum atomic E-state index is 13.0. The fourth-order valence-corrected chi connectivity index (χ4v) is 2.85. The summed E-state index contributed by atoms with van der Waals surface area (Å²) in [5.41, 5.74) is 0. The average molecular weight is 278 g/mol. The van der Waals surface area contributed by atoms with Crippen molar-refractivity contribution in [3.05, 3.63) is 0 Å². The highest BCUT2D eigenvalue weighted by molar-refractivity contribution is 8.00. The molecule has 0 aromatic heterocycles. The molecule has 108 valence electrons. The molecule has 2 unspecified atom stereocenters. The van der Waals surface area contributed by atoms with Crippen molar-refractivity contribution in [2.75, 3.05) is 12.4 Å². The quantitative estimate of drug-likeness (QED) is 0.442. The standard InChI is InChI=1S/C14H27FO2S/c1-5-12(15)9-7-8-10-18-13(11(3)4)14(16)17-6-2/h11-13H,5-10H2,1-4H3. The van der Waals surface area contributed by atoms with E-state index in [4.69, 9.17) is 4.74 Å². The monoisotopic (exact) mass is 278 g/mol. The minimum Gasteiger partial charge on any atom is -0.465 e. The van der Waals surface area contributed by atoms with Gasteiger partial charge >= 0.3 is 5.97 Å². The third-order valence-corrected chi connectivity index (χ3v) is 4.40. The Balaban J connectivity index is 3.81. The van der Waals surface area contributed by atoms with Gasteiger partial charge in [0.05, 0.1) is 12.8 Å². The normalized spacial score (nSPS) is 14.6. The van der Waals surface area contributed by atoms with Gasteiger partial charge in [-0.1, -0.05) is 20.8 Å². The van der Waals surface area contributed by atoms with Crippen molar-refractivity contribution in [3.8, 4) is 0 Å². The van der Waals surface area contributed by atoms with E-state index in [1.54, 1.807) is 11.8 Å². The lowest BCUT2D eigenvalue weighted by atomic mass is 10.1. The molecule has 0 aromatic rings. The van der Waals surface area contributed by atoms with Gasteiger partial charge in [-0.3, -0.25) is 4.79 Å². The van der Waals surface area contributed by atoms with Crippen LogP contribution in [0.4, 0.5) is 4.39 Å². The number of rotatable bonds is 10. The molecule has 0 spiro atoms. The maximum Gasteiger partial charge on any atom is 0.319 e. The lowest BCUT2D eigenvalue weighted by Gasteiger charge is -2.18. The first kappa shape index (κ1) is 17.8. The summed E-state index contributed by atoms with van der Waals surface area (Å²) in [4.78, 5) is 11.7. The van der Waals surface area contributed by atoms with Gasteiger partial charge in [0.1, 0.15) is 5.25 Å². The molecular formula is C14H27FO2S. The molecule has 0 aliphatic rings. The van der Waals surface area contributed by atoms with Crippen LogP contribution < -0.4 is 0 Å². The molecule has 0 fully saturated rings. The fraction of sp³-hybridized carbons (Fsp3) is 0.929. The summed E-state index contributed by atoms with van der Waals surface area (Å²) in [6, 6.07) is 0. The van der Waals surface area contributed by atoms with E-state index in [2.05, 4.69) is 0 Å². The van der Waals surface area contributed by atoms with Gasteiger partial charge in [0.15, 0.2) is 0 Å². The van der Waals surface area contributed by atoms with Gasteiger partial charge in [-0.2, -0.15) is 0 Å². The first-order chi connectivity index (χ1) is 8.52. The van der Waals surface area contributed by atoms with Gasteiger partial charge in [-0.25, -0.2) is 4.39 Å². The van der Waals surface area contributed by atoms with Gasteiger partial charge in [-0.15, -0.1) is 11.8 Å². The van der Waals surface area contributed by atoms with Gasteiger partial charge in [0.25, 0.3) is 0 Å². The van der Waals surface area contributed by atoms with Crippen molar-refractivity contribution in [1.29, 1.82) is 0 Å². The molecule has 2 nitrogen and oxygen atoms in total. The lowest BCUT2D eigenvalue weighted by molar-refractivity contribution is -0.143. The van der Waals surface area contributed by atoms with E-state index in [0.29, 0.717) is 19.4 Å². The van der Waals surface area contributed by atoms with Crippen molar-refractivity contribution in [3.63, 3.8) is 0 Å². The van der Waals surface area contributed by atoms with E-state index < -0.39 is 6.17 Å². The highest BCUT2D eigenvalue weighted by Gasteiger charge is 2.23. The van der Waals surface area contributed by atoms with Gasteiger partial charge < -0.3 is 4.74 Å². The second kappa shape index (κ2) is 10.7. The number of carbonyl (C=O) groups is 1. The van der Waals surface area contributed by atoms with E-state index in [1.807, 2.05) is 27.7 Å². The van der Waals surface area contributed by atoms with Crippen molar-refractivity contribution in [2.24, 2.45) is 5.92 Å². The van der Waals surface area contributed by atoms with Crippen molar-refractivity contribution in [1.82, 2.24) is 0 Å². The number of hydrogen-bond donors (Lipinski definition) is 0. The van der Waals surface area contributed by atoms with Gasteiger partial charge in [0, 0.05) is 0 Å². The molecule has 0 amide bonds. The molecular weight excluding hydrogens is 251 g/mol. The van der Waals surface area contributed by atoms with Gasteiger partial charge in [0.2, 0.25) is 0 Å².